The molecule has 1 aromatic heterocycles. The minimum absolute atomic E-state index is 0.00156. The van der Waals surface area contributed by atoms with E-state index in [9.17, 15) is 14.7 Å². The molecule has 8 heteroatoms. The Morgan fingerprint density at radius 1 is 1.05 bits per heavy atom. The molecular weight excluding hydrogens is 492 g/mol. The van der Waals surface area contributed by atoms with E-state index in [-0.39, 0.29) is 17.9 Å². The molecule has 2 heterocycles. The molecule has 4 rings (SSSR count). The largest absolute Gasteiger partial charge is 0.507 e. The van der Waals surface area contributed by atoms with Crippen molar-refractivity contribution in [2.45, 2.75) is 39.3 Å². The second-order valence-corrected chi connectivity index (χ2v) is 9.07. The van der Waals surface area contributed by atoms with Crippen LogP contribution in [0.1, 0.15) is 49.4 Å². The summed E-state index contributed by atoms with van der Waals surface area (Å²) in [5.41, 5.74) is 1.76. The first-order chi connectivity index (χ1) is 17.9. The molecule has 7 nitrogen and oxygen atoms in total. The van der Waals surface area contributed by atoms with E-state index < -0.39 is 17.7 Å². The number of aliphatic hydroxyl groups is 1. The molecular formula is C29H29ClN2O5. The van der Waals surface area contributed by atoms with Crippen molar-refractivity contribution in [3.8, 4) is 11.5 Å². The van der Waals surface area contributed by atoms with Gasteiger partial charge in [-0.25, -0.2) is 0 Å². The highest BCUT2D eigenvalue weighted by atomic mass is 35.5. The Bertz CT molecular complexity index is 1290. The number of likely N-dealkylation sites (tertiary alicyclic amines) is 1. The van der Waals surface area contributed by atoms with Crippen molar-refractivity contribution in [3.63, 3.8) is 0 Å². The second-order valence-electron chi connectivity index (χ2n) is 8.64. The van der Waals surface area contributed by atoms with Crippen LogP contribution in [0.5, 0.6) is 11.5 Å². The van der Waals surface area contributed by atoms with E-state index in [1.807, 2.05) is 13.0 Å². The number of halogens is 1. The smallest absolute Gasteiger partial charge is 0.295 e. The summed E-state index contributed by atoms with van der Waals surface area (Å²) in [7, 11) is 0. The van der Waals surface area contributed by atoms with Crippen LogP contribution in [0.25, 0.3) is 5.76 Å². The summed E-state index contributed by atoms with van der Waals surface area (Å²) in [6.07, 6.45) is 5.18. The standard InChI is InChI=1S/C29H29ClN2O5/c1-3-5-15-37-23-13-10-21(16-24(23)36-4-2)26-25(27(33)20-8-11-22(30)12-9-20)28(34)29(35)32(26)18-19-7-6-14-31-17-19/h6-14,16-17,26,33H,3-5,15,18H2,1-2H3/b27-25+. The molecule has 1 aliphatic rings. The first kappa shape index (κ1) is 26.2. The van der Waals surface area contributed by atoms with Crippen LogP contribution < -0.4 is 9.47 Å². The Morgan fingerprint density at radius 3 is 2.51 bits per heavy atom. The van der Waals surface area contributed by atoms with E-state index in [2.05, 4.69) is 11.9 Å². The quantitative estimate of drug-likeness (QED) is 0.154. The van der Waals surface area contributed by atoms with Gasteiger partial charge >= 0.3 is 0 Å². The molecule has 0 saturated carbocycles. The fraction of sp³-hybridized carbons (Fsp3) is 0.276. The topological polar surface area (TPSA) is 89.0 Å². The predicted molar refractivity (Wildman–Crippen MR) is 142 cm³/mol. The molecule has 0 bridgehead atoms. The lowest BCUT2D eigenvalue weighted by molar-refractivity contribution is -0.140. The lowest BCUT2D eigenvalue weighted by Crippen LogP contribution is -2.29. The third-order valence-electron chi connectivity index (χ3n) is 6.07. The molecule has 1 atom stereocenters. The number of pyridine rings is 1. The third kappa shape index (κ3) is 5.78. The number of aliphatic hydroxyl groups excluding tert-OH is 1. The number of Topliss-reactive ketones (excluding diaryl/α,β-unsaturated/α-hetero) is 1. The van der Waals surface area contributed by atoms with Crippen molar-refractivity contribution < 1.29 is 24.2 Å². The highest BCUT2D eigenvalue weighted by Gasteiger charge is 2.46. The maximum Gasteiger partial charge on any atom is 0.295 e. The molecule has 37 heavy (non-hydrogen) atoms. The number of amides is 1. The van der Waals surface area contributed by atoms with Gasteiger partial charge in [0.25, 0.3) is 11.7 Å². The summed E-state index contributed by atoms with van der Waals surface area (Å²) in [5, 5.41) is 11.7. The molecule has 3 aromatic rings. The highest BCUT2D eigenvalue weighted by Crippen LogP contribution is 2.42. The Morgan fingerprint density at radius 2 is 1.84 bits per heavy atom. The first-order valence-corrected chi connectivity index (χ1v) is 12.6. The normalized spacial score (nSPS) is 16.7. The van der Waals surface area contributed by atoms with E-state index >= 15 is 0 Å². The molecule has 1 unspecified atom stereocenters. The van der Waals surface area contributed by atoms with Crippen LogP contribution in [0.2, 0.25) is 5.02 Å². The van der Waals surface area contributed by atoms with Crippen molar-refractivity contribution in [1.82, 2.24) is 9.88 Å². The van der Waals surface area contributed by atoms with Crippen molar-refractivity contribution in [1.29, 1.82) is 0 Å². The molecule has 1 amide bonds. The van der Waals surface area contributed by atoms with E-state index in [1.54, 1.807) is 60.9 Å². The second kappa shape index (κ2) is 11.9. The molecule has 2 aromatic carbocycles. The summed E-state index contributed by atoms with van der Waals surface area (Å²) in [6, 6.07) is 14.6. The molecule has 1 N–H and O–H groups in total. The molecule has 1 saturated heterocycles. The average Bonchev–Trinajstić information content (AvgIpc) is 3.15. The maximum atomic E-state index is 13.3. The van der Waals surface area contributed by atoms with Crippen LogP contribution in [0, 0.1) is 0 Å². The van der Waals surface area contributed by atoms with Gasteiger partial charge < -0.3 is 19.5 Å². The van der Waals surface area contributed by atoms with Crippen molar-refractivity contribution >= 4 is 29.1 Å². The molecule has 0 spiro atoms. The summed E-state index contributed by atoms with van der Waals surface area (Å²) >= 11 is 6.01. The van der Waals surface area contributed by atoms with Crippen LogP contribution in [0.4, 0.5) is 0 Å². The van der Waals surface area contributed by atoms with Crippen molar-refractivity contribution in [2.75, 3.05) is 13.2 Å². The Hall–Kier alpha value is -3.84. The summed E-state index contributed by atoms with van der Waals surface area (Å²) in [6.45, 7) is 5.05. The molecule has 1 aliphatic heterocycles. The van der Waals surface area contributed by atoms with Gasteiger partial charge in [0.2, 0.25) is 0 Å². The number of carbonyl (C=O) groups excluding carboxylic acids is 2. The fourth-order valence-electron chi connectivity index (χ4n) is 4.25. The van der Waals surface area contributed by atoms with Gasteiger partial charge in [0.15, 0.2) is 11.5 Å². The van der Waals surface area contributed by atoms with Crippen LogP contribution >= 0.6 is 11.6 Å². The summed E-state index contributed by atoms with van der Waals surface area (Å²) < 4.78 is 11.8. The number of unbranched alkanes of at least 4 members (excludes halogenated alkanes) is 1. The third-order valence-corrected chi connectivity index (χ3v) is 6.32. The van der Waals surface area contributed by atoms with Gasteiger partial charge in [0.05, 0.1) is 24.8 Å². The van der Waals surface area contributed by atoms with Gasteiger partial charge in [-0.3, -0.25) is 14.6 Å². The number of hydrogen-bond acceptors (Lipinski definition) is 6. The number of rotatable bonds is 10. The highest BCUT2D eigenvalue weighted by molar-refractivity contribution is 6.46. The zero-order chi connectivity index (χ0) is 26.4. The number of aromatic nitrogens is 1. The van der Waals surface area contributed by atoms with E-state index in [4.69, 9.17) is 21.1 Å². The Balaban J connectivity index is 1.83. The van der Waals surface area contributed by atoms with Gasteiger partial charge in [-0.1, -0.05) is 37.1 Å². The molecule has 0 radical (unpaired) electrons. The minimum atomic E-state index is -0.847. The lowest BCUT2D eigenvalue weighted by atomic mass is 9.95. The number of carbonyl (C=O) groups is 2. The average molecular weight is 521 g/mol. The molecule has 192 valence electrons. The SMILES string of the molecule is CCCCOc1ccc(C2/C(=C(\O)c3ccc(Cl)cc3)C(=O)C(=O)N2Cc2cccnc2)cc1OCC. The van der Waals surface area contributed by atoms with Gasteiger partial charge in [0, 0.05) is 29.5 Å². The number of nitrogens with zero attached hydrogens (tertiary/aromatic N) is 2. The Labute approximate surface area is 221 Å². The summed E-state index contributed by atoms with van der Waals surface area (Å²) in [4.78, 5) is 32.2. The number of ether oxygens (including phenoxy) is 2. The van der Waals surface area contributed by atoms with Crippen LogP contribution in [0.3, 0.4) is 0 Å². The molecule has 0 aliphatic carbocycles. The molecule has 1 fully saturated rings. The maximum absolute atomic E-state index is 13.3. The zero-order valence-electron chi connectivity index (χ0n) is 20.8. The number of ketones is 1. The van der Waals surface area contributed by atoms with Crippen molar-refractivity contribution in [3.05, 3.63) is 94.3 Å². The van der Waals surface area contributed by atoms with Crippen LogP contribution in [-0.4, -0.2) is 39.9 Å². The minimum Gasteiger partial charge on any atom is -0.507 e. The van der Waals surface area contributed by atoms with Gasteiger partial charge in [-0.05, 0) is 66.9 Å². The van der Waals surface area contributed by atoms with Crippen molar-refractivity contribution in [2.24, 2.45) is 0 Å². The van der Waals surface area contributed by atoms with Gasteiger partial charge in [-0.2, -0.15) is 0 Å². The predicted octanol–water partition coefficient (Wildman–Crippen LogP) is 5.93. The lowest BCUT2D eigenvalue weighted by Gasteiger charge is -2.26. The van der Waals surface area contributed by atoms with E-state index in [0.717, 1.165) is 18.4 Å². The number of hydrogen-bond donors (Lipinski definition) is 1. The van der Waals surface area contributed by atoms with E-state index in [1.165, 1.54) is 4.90 Å². The fourth-order valence-corrected chi connectivity index (χ4v) is 4.38. The van der Waals surface area contributed by atoms with Gasteiger partial charge in [0.1, 0.15) is 5.76 Å². The monoisotopic (exact) mass is 520 g/mol. The number of benzene rings is 2. The zero-order valence-corrected chi connectivity index (χ0v) is 21.6. The van der Waals surface area contributed by atoms with Gasteiger partial charge in [-0.15, -0.1) is 0 Å². The summed E-state index contributed by atoms with van der Waals surface area (Å²) in [5.74, 6) is -0.640. The first-order valence-electron chi connectivity index (χ1n) is 12.3. The van der Waals surface area contributed by atoms with E-state index in [0.29, 0.717) is 40.9 Å². The Kier molecular flexibility index (Phi) is 8.46. The van der Waals surface area contributed by atoms with Crippen LogP contribution in [0.15, 0.2) is 72.6 Å². The van der Waals surface area contributed by atoms with Crippen LogP contribution in [-0.2, 0) is 16.1 Å².